The van der Waals surface area contributed by atoms with Crippen LogP contribution in [0.3, 0.4) is 0 Å². The van der Waals surface area contributed by atoms with Gasteiger partial charge >= 0.3 is 0 Å². The van der Waals surface area contributed by atoms with Gasteiger partial charge < -0.3 is 10.1 Å². The zero-order chi connectivity index (χ0) is 21.7. The maximum absolute atomic E-state index is 12.2. The van der Waals surface area contributed by atoms with Gasteiger partial charge in [0.05, 0.1) is 22.6 Å². The van der Waals surface area contributed by atoms with E-state index in [2.05, 4.69) is 10.0 Å². The first kappa shape index (κ1) is 22.6. The van der Waals surface area contributed by atoms with E-state index in [-0.39, 0.29) is 27.8 Å². The number of primary sulfonamides is 1. The van der Waals surface area contributed by atoms with Gasteiger partial charge in [0.15, 0.2) is 0 Å². The molecule has 0 atom stereocenters. The van der Waals surface area contributed by atoms with Gasteiger partial charge in [0.2, 0.25) is 26.0 Å². The molecule has 0 aromatic heterocycles. The summed E-state index contributed by atoms with van der Waals surface area (Å²) in [5.74, 6) is -0.281. The molecule has 0 aliphatic rings. The minimum absolute atomic E-state index is 0.116. The third kappa shape index (κ3) is 6.12. The maximum Gasteiger partial charge on any atom is 0.248 e. The number of nitrogens with one attached hydrogen (secondary N) is 2. The van der Waals surface area contributed by atoms with Crippen molar-refractivity contribution in [2.75, 3.05) is 19.0 Å². The minimum Gasteiger partial charge on any atom is -0.495 e. The van der Waals surface area contributed by atoms with Crippen LogP contribution in [0.4, 0.5) is 5.69 Å². The van der Waals surface area contributed by atoms with Crippen LogP contribution >= 0.6 is 0 Å². The van der Waals surface area contributed by atoms with Crippen molar-refractivity contribution in [2.24, 2.45) is 5.14 Å². The molecule has 2 aromatic carbocycles. The zero-order valence-electron chi connectivity index (χ0n) is 15.7. The number of anilines is 1. The summed E-state index contributed by atoms with van der Waals surface area (Å²) in [6.07, 6.45) is 2.70. The van der Waals surface area contributed by atoms with Gasteiger partial charge in [-0.1, -0.05) is 19.1 Å². The summed E-state index contributed by atoms with van der Waals surface area (Å²) in [6.45, 7) is 1.96. The van der Waals surface area contributed by atoms with E-state index in [0.717, 1.165) is 0 Å². The van der Waals surface area contributed by atoms with E-state index in [1.165, 1.54) is 49.6 Å². The second-order valence-corrected chi connectivity index (χ2v) is 9.13. The van der Waals surface area contributed by atoms with Crippen LogP contribution in [-0.2, 0) is 24.8 Å². The molecule has 0 aliphatic heterocycles. The standard InChI is InChI=1S/C18H21N3O6S2/c1-3-20-29(25,26)14-7-4-13(5-8-14)6-11-18(22)21-16-12-15(28(19,23)24)9-10-17(16)27-2/h4-12,20H,3H2,1-2H3,(H,21,22)(H2,19,23,24)/b11-6+. The van der Waals surface area contributed by atoms with Gasteiger partial charge in [-0.15, -0.1) is 0 Å². The molecular weight excluding hydrogens is 418 g/mol. The first-order valence-electron chi connectivity index (χ1n) is 8.36. The highest BCUT2D eigenvalue weighted by Gasteiger charge is 2.14. The first-order valence-corrected chi connectivity index (χ1v) is 11.4. The molecule has 11 heteroatoms. The van der Waals surface area contributed by atoms with Gasteiger partial charge in [-0.3, -0.25) is 4.79 Å². The molecule has 0 saturated heterocycles. The monoisotopic (exact) mass is 439 g/mol. The van der Waals surface area contributed by atoms with Gasteiger partial charge in [0.25, 0.3) is 0 Å². The summed E-state index contributed by atoms with van der Waals surface area (Å²) < 4.78 is 54.3. The number of amides is 1. The Morgan fingerprint density at radius 2 is 1.69 bits per heavy atom. The lowest BCUT2D eigenvalue weighted by atomic mass is 10.2. The van der Waals surface area contributed by atoms with Crippen molar-refractivity contribution in [3.05, 3.63) is 54.1 Å². The molecule has 0 spiro atoms. The summed E-state index contributed by atoms with van der Waals surface area (Å²) >= 11 is 0. The summed E-state index contributed by atoms with van der Waals surface area (Å²) in [7, 11) is -6.11. The van der Waals surface area contributed by atoms with Crippen molar-refractivity contribution in [1.82, 2.24) is 4.72 Å². The quantitative estimate of drug-likeness (QED) is 0.529. The SMILES string of the molecule is CCNS(=O)(=O)c1ccc(/C=C/C(=O)Nc2cc(S(N)(=O)=O)ccc2OC)cc1. The summed E-state index contributed by atoms with van der Waals surface area (Å²) in [6, 6.07) is 9.79. The van der Waals surface area contributed by atoms with Crippen LogP contribution < -0.4 is 19.9 Å². The van der Waals surface area contributed by atoms with Gasteiger partial charge in [-0.2, -0.15) is 0 Å². The van der Waals surface area contributed by atoms with Gasteiger partial charge in [-0.25, -0.2) is 26.7 Å². The number of carbonyl (C=O) groups excluding carboxylic acids is 1. The molecule has 0 unspecified atom stereocenters. The number of benzene rings is 2. The number of methoxy groups -OCH3 is 1. The topological polar surface area (TPSA) is 145 Å². The molecule has 4 N–H and O–H groups in total. The molecule has 2 aromatic rings. The van der Waals surface area contributed by atoms with E-state index in [0.29, 0.717) is 5.56 Å². The van der Waals surface area contributed by atoms with E-state index < -0.39 is 26.0 Å². The molecule has 0 heterocycles. The fraction of sp³-hybridized carbons (Fsp3) is 0.167. The van der Waals surface area contributed by atoms with E-state index in [4.69, 9.17) is 9.88 Å². The second-order valence-electron chi connectivity index (χ2n) is 5.80. The second kappa shape index (κ2) is 9.18. The summed E-state index contributed by atoms with van der Waals surface area (Å²) in [5.41, 5.74) is 0.738. The van der Waals surface area contributed by atoms with Crippen molar-refractivity contribution in [3.8, 4) is 5.75 Å². The van der Waals surface area contributed by atoms with Crippen LogP contribution in [0, 0.1) is 0 Å². The lowest BCUT2D eigenvalue weighted by Crippen LogP contribution is -2.22. The molecule has 0 bridgehead atoms. The Morgan fingerprint density at radius 3 is 2.24 bits per heavy atom. The molecular formula is C18H21N3O6S2. The number of rotatable bonds is 8. The number of hydrogen-bond acceptors (Lipinski definition) is 6. The van der Waals surface area contributed by atoms with Crippen LogP contribution in [0.1, 0.15) is 12.5 Å². The van der Waals surface area contributed by atoms with Crippen molar-refractivity contribution < 1.29 is 26.4 Å². The predicted molar refractivity (Wildman–Crippen MR) is 109 cm³/mol. The number of nitrogens with two attached hydrogens (primary N) is 1. The highest BCUT2D eigenvalue weighted by Crippen LogP contribution is 2.27. The fourth-order valence-corrected chi connectivity index (χ4v) is 3.92. The average molecular weight is 440 g/mol. The Kier molecular flexibility index (Phi) is 7.14. The molecule has 9 nitrogen and oxygen atoms in total. The van der Waals surface area contributed by atoms with Gasteiger partial charge in [0.1, 0.15) is 5.75 Å². The number of carbonyl (C=O) groups is 1. The predicted octanol–water partition coefficient (Wildman–Crippen LogP) is 1.29. The normalized spacial score (nSPS) is 12.1. The number of hydrogen-bond donors (Lipinski definition) is 3. The Bertz CT molecular complexity index is 1120. The van der Waals surface area contributed by atoms with Crippen LogP contribution in [-0.4, -0.2) is 36.4 Å². The number of ether oxygens (including phenoxy) is 1. The molecule has 29 heavy (non-hydrogen) atoms. The van der Waals surface area contributed by atoms with Crippen LogP contribution in [0.15, 0.2) is 58.3 Å². The third-order valence-electron chi connectivity index (χ3n) is 3.71. The summed E-state index contributed by atoms with van der Waals surface area (Å²) in [5, 5.41) is 7.62. The van der Waals surface area contributed by atoms with E-state index in [1.807, 2.05) is 0 Å². The average Bonchev–Trinajstić information content (AvgIpc) is 2.66. The zero-order valence-corrected chi connectivity index (χ0v) is 17.4. The lowest BCUT2D eigenvalue weighted by Gasteiger charge is -2.10. The maximum atomic E-state index is 12.2. The van der Waals surface area contributed by atoms with Crippen molar-refractivity contribution in [3.63, 3.8) is 0 Å². The Hall–Kier alpha value is -2.73. The van der Waals surface area contributed by atoms with Gasteiger partial charge in [0, 0.05) is 12.6 Å². The first-order chi connectivity index (χ1) is 13.6. The number of sulfonamides is 2. The Balaban J connectivity index is 2.16. The van der Waals surface area contributed by atoms with E-state index in [1.54, 1.807) is 19.1 Å². The highest BCUT2D eigenvalue weighted by atomic mass is 32.2. The van der Waals surface area contributed by atoms with Crippen molar-refractivity contribution >= 4 is 37.7 Å². The highest BCUT2D eigenvalue weighted by molar-refractivity contribution is 7.89. The van der Waals surface area contributed by atoms with E-state index >= 15 is 0 Å². The van der Waals surface area contributed by atoms with Crippen LogP contribution in [0.25, 0.3) is 6.08 Å². The Morgan fingerprint density at radius 1 is 1.07 bits per heavy atom. The van der Waals surface area contributed by atoms with Crippen LogP contribution in [0.5, 0.6) is 5.75 Å². The Labute approximate surface area is 169 Å². The smallest absolute Gasteiger partial charge is 0.248 e. The van der Waals surface area contributed by atoms with Crippen molar-refractivity contribution in [1.29, 1.82) is 0 Å². The van der Waals surface area contributed by atoms with Crippen LogP contribution in [0.2, 0.25) is 0 Å². The van der Waals surface area contributed by atoms with Gasteiger partial charge in [-0.05, 0) is 42.0 Å². The van der Waals surface area contributed by atoms with Crippen molar-refractivity contribution in [2.45, 2.75) is 16.7 Å². The minimum atomic E-state index is -3.94. The molecule has 0 radical (unpaired) electrons. The molecule has 0 fully saturated rings. The largest absolute Gasteiger partial charge is 0.495 e. The molecule has 0 aliphatic carbocycles. The fourth-order valence-electron chi connectivity index (χ4n) is 2.34. The molecule has 1 amide bonds. The summed E-state index contributed by atoms with van der Waals surface area (Å²) in [4.78, 5) is 12.1. The lowest BCUT2D eigenvalue weighted by molar-refractivity contribution is -0.111. The molecule has 156 valence electrons. The molecule has 2 rings (SSSR count). The van der Waals surface area contributed by atoms with E-state index in [9.17, 15) is 21.6 Å². The third-order valence-corrected chi connectivity index (χ3v) is 6.18. The molecule has 0 saturated carbocycles.